The van der Waals surface area contributed by atoms with E-state index >= 15 is 0 Å². The molecule has 0 saturated heterocycles. The molecule has 0 atom stereocenters. The average molecular weight is 304 g/mol. The Hall–Kier alpha value is -2.90. The molecule has 0 spiro atoms. The second kappa shape index (κ2) is 7.21. The van der Waals surface area contributed by atoms with Gasteiger partial charge in [-0.05, 0) is 24.1 Å². The number of carboxylic acid groups (broad SMARTS) is 1. The molecule has 0 fully saturated rings. The highest BCUT2D eigenvalue weighted by molar-refractivity contribution is 5.89. The molecule has 0 aliphatic rings. The van der Waals surface area contributed by atoms with Crippen LogP contribution in [0.3, 0.4) is 0 Å². The van der Waals surface area contributed by atoms with Crippen molar-refractivity contribution in [3.05, 3.63) is 36.0 Å². The first-order valence-corrected chi connectivity index (χ1v) is 6.61. The first-order valence-electron chi connectivity index (χ1n) is 6.61. The normalized spacial score (nSPS) is 10.2. The number of hydrogen-bond acceptors (Lipinski definition) is 5. The fraction of sp³-hybridized carbons (Fsp3) is 0.286. The fourth-order valence-electron chi connectivity index (χ4n) is 1.86. The number of nitrogens with one attached hydrogen (secondary N) is 1. The van der Waals surface area contributed by atoms with E-state index in [-0.39, 0.29) is 24.7 Å². The van der Waals surface area contributed by atoms with Gasteiger partial charge in [0.25, 0.3) is 0 Å². The molecule has 0 radical (unpaired) electrons. The van der Waals surface area contributed by atoms with Crippen LogP contribution >= 0.6 is 0 Å². The number of nitrogens with zero attached hydrogens (tertiary/aromatic N) is 3. The molecule has 0 unspecified atom stereocenters. The van der Waals surface area contributed by atoms with Gasteiger partial charge in [-0.25, -0.2) is 4.68 Å². The second-order valence-electron chi connectivity index (χ2n) is 4.59. The third-order valence-corrected chi connectivity index (χ3v) is 2.88. The fourth-order valence-corrected chi connectivity index (χ4v) is 1.86. The van der Waals surface area contributed by atoms with Crippen LogP contribution in [0.25, 0.3) is 0 Å². The van der Waals surface area contributed by atoms with E-state index < -0.39 is 5.97 Å². The highest BCUT2D eigenvalue weighted by atomic mass is 16.5. The van der Waals surface area contributed by atoms with Crippen LogP contribution in [-0.2, 0) is 22.6 Å². The number of methoxy groups -OCH3 is 1. The number of carboxylic acids is 1. The molecule has 1 amide bonds. The van der Waals surface area contributed by atoms with Gasteiger partial charge in [0.1, 0.15) is 12.3 Å². The summed E-state index contributed by atoms with van der Waals surface area (Å²) < 4.78 is 6.26. The first kappa shape index (κ1) is 15.5. The Balaban J connectivity index is 1.84. The van der Waals surface area contributed by atoms with Crippen LogP contribution in [-0.4, -0.2) is 39.1 Å². The van der Waals surface area contributed by atoms with E-state index in [1.54, 1.807) is 7.11 Å². The summed E-state index contributed by atoms with van der Waals surface area (Å²) in [5, 5.41) is 18.5. The Morgan fingerprint density at radius 3 is 2.95 bits per heavy atom. The molecule has 0 aliphatic heterocycles. The number of anilines is 1. The molecule has 2 N–H and O–H groups in total. The van der Waals surface area contributed by atoms with Crippen LogP contribution in [0.1, 0.15) is 12.0 Å². The summed E-state index contributed by atoms with van der Waals surface area (Å²) in [4.78, 5) is 22.4. The van der Waals surface area contributed by atoms with E-state index in [1.165, 1.54) is 6.20 Å². The quantitative estimate of drug-likeness (QED) is 0.788. The molecule has 22 heavy (non-hydrogen) atoms. The number of aliphatic carboxylic acids is 1. The zero-order chi connectivity index (χ0) is 15.9. The van der Waals surface area contributed by atoms with Crippen molar-refractivity contribution in [1.82, 2.24) is 15.0 Å². The van der Waals surface area contributed by atoms with Gasteiger partial charge in [-0.1, -0.05) is 17.3 Å². The molecule has 1 aromatic heterocycles. The lowest BCUT2D eigenvalue weighted by molar-refractivity contribution is -0.137. The van der Waals surface area contributed by atoms with E-state index in [0.717, 1.165) is 16.0 Å². The Kier molecular flexibility index (Phi) is 5.07. The standard InChI is InChI=1S/C14H16N4O4/c1-22-11-4-2-3-10(7-11)5-6-13(19)15-12-8-18(17-16-12)9-14(20)21/h2-4,7-8H,5-6,9H2,1H3,(H,15,19)(H,20,21). The molecule has 0 bridgehead atoms. The summed E-state index contributed by atoms with van der Waals surface area (Å²) >= 11 is 0. The van der Waals surface area contributed by atoms with E-state index in [9.17, 15) is 9.59 Å². The monoisotopic (exact) mass is 304 g/mol. The van der Waals surface area contributed by atoms with Gasteiger partial charge in [0, 0.05) is 6.42 Å². The molecular formula is C14H16N4O4. The van der Waals surface area contributed by atoms with Crippen molar-refractivity contribution in [3.63, 3.8) is 0 Å². The molecule has 1 aromatic carbocycles. The minimum Gasteiger partial charge on any atom is -0.497 e. The van der Waals surface area contributed by atoms with Crippen LogP contribution in [0.2, 0.25) is 0 Å². The first-order chi connectivity index (χ1) is 10.6. The van der Waals surface area contributed by atoms with Gasteiger partial charge < -0.3 is 15.2 Å². The minimum atomic E-state index is -1.03. The lowest BCUT2D eigenvalue weighted by atomic mass is 10.1. The molecule has 1 heterocycles. The Morgan fingerprint density at radius 2 is 2.23 bits per heavy atom. The van der Waals surface area contributed by atoms with Gasteiger partial charge in [0.15, 0.2) is 5.82 Å². The van der Waals surface area contributed by atoms with Crippen molar-refractivity contribution in [1.29, 1.82) is 0 Å². The van der Waals surface area contributed by atoms with E-state index in [0.29, 0.717) is 6.42 Å². The van der Waals surface area contributed by atoms with Gasteiger partial charge >= 0.3 is 5.97 Å². The molecular weight excluding hydrogens is 288 g/mol. The summed E-state index contributed by atoms with van der Waals surface area (Å²) in [6.45, 7) is -0.299. The van der Waals surface area contributed by atoms with Crippen LogP contribution in [0.5, 0.6) is 5.75 Å². The summed E-state index contributed by atoms with van der Waals surface area (Å²) in [7, 11) is 1.59. The lowest BCUT2D eigenvalue weighted by Crippen LogP contribution is -2.12. The lowest BCUT2D eigenvalue weighted by Gasteiger charge is -2.04. The van der Waals surface area contributed by atoms with Crippen molar-refractivity contribution >= 4 is 17.7 Å². The van der Waals surface area contributed by atoms with Crippen molar-refractivity contribution in [2.24, 2.45) is 0 Å². The second-order valence-corrected chi connectivity index (χ2v) is 4.59. The molecule has 8 nitrogen and oxygen atoms in total. The molecule has 116 valence electrons. The van der Waals surface area contributed by atoms with Crippen molar-refractivity contribution in [3.8, 4) is 5.75 Å². The highest BCUT2D eigenvalue weighted by Crippen LogP contribution is 2.14. The van der Waals surface area contributed by atoms with Crippen LogP contribution in [0.15, 0.2) is 30.5 Å². The van der Waals surface area contributed by atoms with Crippen LogP contribution < -0.4 is 10.1 Å². The van der Waals surface area contributed by atoms with Gasteiger partial charge in [0.05, 0.1) is 13.3 Å². The number of ether oxygens (including phenoxy) is 1. The number of hydrogen-bond donors (Lipinski definition) is 2. The van der Waals surface area contributed by atoms with Gasteiger partial charge in [0.2, 0.25) is 5.91 Å². The molecule has 8 heteroatoms. The largest absolute Gasteiger partial charge is 0.497 e. The number of rotatable bonds is 7. The average Bonchev–Trinajstić information content (AvgIpc) is 2.91. The number of aryl methyl sites for hydroxylation is 1. The maximum absolute atomic E-state index is 11.8. The summed E-state index contributed by atoms with van der Waals surface area (Å²) in [5.41, 5.74) is 0.990. The Labute approximate surface area is 126 Å². The van der Waals surface area contributed by atoms with Crippen molar-refractivity contribution in [2.75, 3.05) is 12.4 Å². The van der Waals surface area contributed by atoms with Gasteiger partial charge in [-0.15, -0.1) is 5.10 Å². The summed E-state index contributed by atoms with van der Waals surface area (Å²) in [6.07, 6.45) is 2.21. The zero-order valence-corrected chi connectivity index (χ0v) is 12.0. The summed E-state index contributed by atoms with van der Waals surface area (Å²) in [6, 6.07) is 7.49. The maximum atomic E-state index is 11.8. The van der Waals surface area contributed by atoms with Crippen LogP contribution in [0, 0.1) is 0 Å². The zero-order valence-electron chi connectivity index (χ0n) is 12.0. The maximum Gasteiger partial charge on any atom is 0.325 e. The highest BCUT2D eigenvalue weighted by Gasteiger charge is 2.08. The molecule has 0 aliphatic carbocycles. The van der Waals surface area contributed by atoms with E-state index in [4.69, 9.17) is 9.84 Å². The van der Waals surface area contributed by atoms with Crippen LogP contribution in [0.4, 0.5) is 5.82 Å². The van der Waals surface area contributed by atoms with E-state index in [1.807, 2.05) is 24.3 Å². The minimum absolute atomic E-state index is 0.217. The third-order valence-electron chi connectivity index (χ3n) is 2.88. The third kappa shape index (κ3) is 4.58. The van der Waals surface area contributed by atoms with Gasteiger partial charge in [-0.2, -0.15) is 0 Å². The molecule has 0 saturated carbocycles. The predicted molar refractivity (Wildman–Crippen MR) is 77.6 cm³/mol. The molecule has 2 aromatic rings. The Morgan fingerprint density at radius 1 is 1.41 bits per heavy atom. The molecule has 2 rings (SSSR count). The number of benzene rings is 1. The Bertz CT molecular complexity index is 668. The number of carbonyl (C=O) groups is 2. The smallest absolute Gasteiger partial charge is 0.325 e. The number of amides is 1. The van der Waals surface area contributed by atoms with Gasteiger partial charge in [-0.3, -0.25) is 9.59 Å². The predicted octanol–water partition coefficient (Wildman–Crippen LogP) is 0.943. The van der Waals surface area contributed by atoms with E-state index in [2.05, 4.69) is 15.6 Å². The SMILES string of the molecule is COc1cccc(CCC(=O)Nc2cn(CC(=O)O)nn2)c1. The summed E-state index contributed by atoms with van der Waals surface area (Å²) in [5.74, 6) is -0.266. The van der Waals surface area contributed by atoms with Crippen molar-refractivity contribution < 1.29 is 19.4 Å². The number of aromatic nitrogens is 3. The topological polar surface area (TPSA) is 106 Å². The van der Waals surface area contributed by atoms with Crippen molar-refractivity contribution in [2.45, 2.75) is 19.4 Å². The number of carbonyl (C=O) groups excluding carboxylic acids is 1.